The van der Waals surface area contributed by atoms with Gasteiger partial charge >= 0.3 is 0 Å². The van der Waals surface area contributed by atoms with Gasteiger partial charge in [0.15, 0.2) is 5.16 Å². The Balaban J connectivity index is 1.57. The minimum atomic E-state index is -0.254. The summed E-state index contributed by atoms with van der Waals surface area (Å²) in [6.07, 6.45) is 1.51. The van der Waals surface area contributed by atoms with E-state index >= 15 is 0 Å². The molecule has 0 saturated heterocycles. The van der Waals surface area contributed by atoms with Crippen LogP contribution in [0.4, 0.5) is 5.69 Å². The first-order valence-corrected chi connectivity index (χ1v) is 10.6. The molecule has 3 aromatic rings. The average Bonchev–Trinajstić information content (AvgIpc) is 3.18. The molecule has 0 bridgehead atoms. The Morgan fingerprint density at radius 1 is 1.13 bits per heavy atom. The number of nitrogens with zero attached hydrogens (tertiary/aromatic N) is 2. The molecule has 3 rings (SSSR count). The van der Waals surface area contributed by atoms with E-state index in [1.54, 1.807) is 35.9 Å². The Morgan fingerprint density at radius 3 is 2.68 bits per heavy atom. The van der Waals surface area contributed by atoms with Gasteiger partial charge in [-0.2, -0.15) is 0 Å². The summed E-state index contributed by atoms with van der Waals surface area (Å²) < 4.78 is 6.77. The lowest BCUT2D eigenvalue weighted by Gasteiger charge is -2.11. The highest BCUT2D eigenvalue weighted by Gasteiger charge is 2.15. The van der Waals surface area contributed by atoms with E-state index in [-0.39, 0.29) is 30.7 Å². The summed E-state index contributed by atoms with van der Waals surface area (Å²) in [5.41, 5.74) is 2.13. The lowest BCUT2D eigenvalue weighted by Crippen LogP contribution is -2.28. The third-order valence-corrected chi connectivity index (χ3v) is 5.37. The lowest BCUT2D eigenvalue weighted by atomic mass is 10.2. The number of rotatable bonds is 10. The largest absolute Gasteiger partial charge is 0.497 e. The van der Waals surface area contributed by atoms with Crippen LogP contribution in [-0.2, 0) is 29.3 Å². The first-order valence-electron chi connectivity index (χ1n) is 9.61. The molecule has 31 heavy (non-hydrogen) atoms. The van der Waals surface area contributed by atoms with Crippen LogP contribution in [0, 0.1) is 0 Å². The summed E-state index contributed by atoms with van der Waals surface area (Å²) in [5.74, 6) is 0.325. The molecule has 1 aromatic heterocycles. The molecule has 0 aliphatic rings. The molecule has 0 atom stereocenters. The lowest BCUT2D eigenvalue weighted by molar-refractivity contribution is -0.122. The second kappa shape index (κ2) is 11.2. The van der Waals surface area contributed by atoms with Crippen molar-refractivity contribution in [3.05, 3.63) is 72.1 Å². The number of amides is 2. The Bertz CT molecular complexity index is 1020. The number of methoxy groups -OCH3 is 1. The Morgan fingerprint density at radius 2 is 1.94 bits per heavy atom. The van der Waals surface area contributed by atoms with E-state index in [1.165, 1.54) is 18.0 Å². The second-order valence-corrected chi connectivity index (χ2v) is 7.55. The van der Waals surface area contributed by atoms with Crippen LogP contribution in [0.3, 0.4) is 0 Å². The molecule has 0 fully saturated rings. The fourth-order valence-electron chi connectivity index (χ4n) is 2.83. The van der Waals surface area contributed by atoms with E-state index < -0.39 is 0 Å². The highest BCUT2D eigenvalue weighted by atomic mass is 32.2. The van der Waals surface area contributed by atoms with Crippen LogP contribution in [0.5, 0.6) is 5.75 Å². The smallest absolute Gasteiger partial charge is 0.240 e. The van der Waals surface area contributed by atoms with Gasteiger partial charge in [-0.15, -0.1) is 0 Å². The number of benzene rings is 2. The number of hydrogen-bond acceptors (Lipinski definition) is 6. The van der Waals surface area contributed by atoms with E-state index in [1.807, 2.05) is 30.3 Å². The van der Waals surface area contributed by atoms with Gasteiger partial charge in [-0.05, 0) is 17.7 Å². The normalized spacial score (nSPS) is 10.5. The molecule has 0 aliphatic carbocycles. The Hall–Kier alpha value is -3.30. The summed E-state index contributed by atoms with van der Waals surface area (Å²) in [6.45, 7) is 0.159. The summed E-state index contributed by atoms with van der Waals surface area (Å²) in [6, 6.07) is 16.7. The molecule has 9 heteroatoms. The van der Waals surface area contributed by atoms with Crippen molar-refractivity contribution in [1.29, 1.82) is 0 Å². The minimum Gasteiger partial charge on any atom is -0.497 e. The van der Waals surface area contributed by atoms with Crippen molar-refractivity contribution in [2.45, 2.75) is 24.9 Å². The van der Waals surface area contributed by atoms with Crippen LogP contribution in [0.25, 0.3) is 0 Å². The molecular weight excluding hydrogens is 416 g/mol. The Kier molecular flexibility index (Phi) is 8.08. The maximum Gasteiger partial charge on any atom is 0.240 e. The summed E-state index contributed by atoms with van der Waals surface area (Å²) in [7, 11) is 1.56. The topological polar surface area (TPSA) is 105 Å². The van der Waals surface area contributed by atoms with E-state index in [0.29, 0.717) is 28.8 Å². The van der Waals surface area contributed by atoms with Crippen LogP contribution in [0.2, 0.25) is 0 Å². The molecule has 0 aliphatic heterocycles. The van der Waals surface area contributed by atoms with Gasteiger partial charge < -0.3 is 25.0 Å². The maximum absolute atomic E-state index is 12.4. The van der Waals surface area contributed by atoms with Crippen LogP contribution in [0.1, 0.15) is 11.3 Å². The van der Waals surface area contributed by atoms with Crippen molar-refractivity contribution in [2.75, 3.05) is 18.2 Å². The first kappa shape index (κ1) is 22.4. The van der Waals surface area contributed by atoms with Gasteiger partial charge in [-0.3, -0.25) is 9.59 Å². The van der Waals surface area contributed by atoms with Gasteiger partial charge in [0, 0.05) is 18.3 Å². The number of carbonyl (C=O) groups is 2. The average molecular weight is 441 g/mol. The summed E-state index contributed by atoms with van der Waals surface area (Å²) >= 11 is 1.19. The second-order valence-electron chi connectivity index (χ2n) is 6.61. The molecule has 162 valence electrons. The van der Waals surface area contributed by atoms with Crippen molar-refractivity contribution in [2.24, 2.45) is 0 Å². The molecule has 2 amide bonds. The molecule has 3 N–H and O–H groups in total. The Labute approximate surface area is 184 Å². The molecule has 2 aromatic carbocycles. The molecule has 0 spiro atoms. The molecule has 0 saturated carbocycles. The van der Waals surface area contributed by atoms with E-state index in [9.17, 15) is 14.7 Å². The third kappa shape index (κ3) is 6.59. The summed E-state index contributed by atoms with van der Waals surface area (Å²) in [5, 5.41) is 15.7. The number of carbonyl (C=O) groups excluding carboxylic acids is 2. The van der Waals surface area contributed by atoms with Crippen LogP contribution >= 0.6 is 11.8 Å². The number of nitrogens with one attached hydrogen (secondary N) is 2. The zero-order valence-electron chi connectivity index (χ0n) is 17.1. The van der Waals surface area contributed by atoms with Gasteiger partial charge in [0.1, 0.15) is 12.3 Å². The first-order chi connectivity index (χ1) is 15.1. The van der Waals surface area contributed by atoms with Crippen LogP contribution in [0.15, 0.2) is 66.0 Å². The highest BCUT2D eigenvalue weighted by Crippen LogP contribution is 2.21. The molecule has 1 heterocycles. The van der Waals surface area contributed by atoms with Gasteiger partial charge in [0.2, 0.25) is 11.8 Å². The van der Waals surface area contributed by atoms with Crippen molar-refractivity contribution in [3.63, 3.8) is 0 Å². The standard InChI is InChI=1S/C22H24N4O4S/c1-30-19-9-5-8-17(10-19)25-21(29)15-31-22-24-12-18(14-27)26(22)13-20(28)23-11-16-6-3-2-4-7-16/h2-10,12,27H,11,13-15H2,1H3,(H,23,28)(H,25,29). The number of aromatic nitrogens is 2. The zero-order valence-corrected chi connectivity index (χ0v) is 17.9. The van der Waals surface area contributed by atoms with Crippen LogP contribution < -0.4 is 15.4 Å². The van der Waals surface area contributed by atoms with Gasteiger partial charge in [0.25, 0.3) is 0 Å². The van der Waals surface area contributed by atoms with Gasteiger partial charge in [0.05, 0.1) is 31.4 Å². The molecule has 0 unspecified atom stereocenters. The fourth-order valence-corrected chi connectivity index (χ4v) is 3.62. The minimum absolute atomic E-state index is 0.00254. The summed E-state index contributed by atoms with van der Waals surface area (Å²) in [4.78, 5) is 29.0. The van der Waals surface area contributed by atoms with Gasteiger partial charge in [-0.25, -0.2) is 4.98 Å². The quantitative estimate of drug-likeness (QED) is 0.418. The van der Waals surface area contributed by atoms with Gasteiger partial charge in [-0.1, -0.05) is 48.2 Å². The number of imidazole rings is 1. The number of aliphatic hydroxyl groups excluding tert-OH is 1. The third-order valence-electron chi connectivity index (χ3n) is 4.38. The molecular formula is C22H24N4O4S. The van der Waals surface area contributed by atoms with Crippen molar-refractivity contribution in [1.82, 2.24) is 14.9 Å². The molecule has 8 nitrogen and oxygen atoms in total. The number of hydrogen-bond donors (Lipinski definition) is 3. The predicted molar refractivity (Wildman–Crippen MR) is 119 cm³/mol. The number of anilines is 1. The maximum atomic E-state index is 12.4. The van der Waals surface area contributed by atoms with E-state index in [0.717, 1.165) is 5.56 Å². The van der Waals surface area contributed by atoms with E-state index in [2.05, 4.69) is 15.6 Å². The zero-order chi connectivity index (χ0) is 22.1. The number of thioether (sulfide) groups is 1. The monoisotopic (exact) mass is 440 g/mol. The fraction of sp³-hybridized carbons (Fsp3) is 0.227. The predicted octanol–water partition coefficient (Wildman–Crippen LogP) is 2.43. The van der Waals surface area contributed by atoms with Crippen molar-refractivity contribution in [3.8, 4) is 5.75 Å². The molecule has 0 radical (unpaired) electrons. The highest BCUT2D eigenvalue weighted by molar-refractivity contribution is 7.99. The van der Waals surface area contributed by atoms with E-state index in [4.69, 9.17) is 4.74 Å². The van der Waals surface area contributed by atoms with Crippen LogP contribution in [-0.4, -0.2) is 39.3 Å². The van der Waals surface area contributed by atoms with Crippen molar-refractivity contribution < 1.29 is 19.4 Å². The number of ether oxygens (including phenoxy) is 1. The van der Waals surface area contributed by atoms with Crippen molar-refractivity contribution >= 4 is 29.3 Å². The number of aliphatic hydroxyl groups is 1. The SMILES string of the molecule is COc1cccc(NC(=O)CSc2ncc(CO)n2CC(=O)NCc2ccccc2)c1.